The highest BCUT2D eigenvalue weighted by Crippen LogP contribution is 2.20. The van der Waals surface area contributed by atoms with Crippen molar-refractivity contribution < 1.29 is 18.7 Å². The monoisotopic (exact) mass is 306 g/mol. The number of Topliss-reactive ketones (excluding diaryl/α,β-unsaturated/α-hetero) is 1. The van der Waals surface area contributed by atoms with E-state index >= 15 is 0 Å². The molecule has 2 rings (SSSR count). The van der Waals surface area contributed by atoms with Crippen LogP contribution < -0.4 is 4.74 Å². The van der Waals surface area contributed by atoms with Gasteiger partial charge in [-0.3, -0.25) is 4.79 Å². The predicted molar refractivity (Wildman–Crippen MR) is 77.4 cm³/mol. The van der Waals surface area contributed by atoms with Crippen molar-refractivity contribution in [1.82, 2.24) is 0 Å². The van der Waals surface area contributed by atoms with E-state index in [1.165, 1.54) is 18.2 Å². The largest absolute Gasteiger partial charge is 0.423 e. The number of hydrogen-bond acceptors (Lipinski definition) is 3. The zero-order chi connectivity index (χ0) is 15.4. The first kappa shape index (κ1) is 15.2. The number of ether oxygens (including phenoxy) is 1. The van der Waals surface area contributed by atoms with Crippen molar-refractivity contribution in [3.05, 3.63) is 64.4 Å². The summed E-state index contributed by atoms with van der Waals surface area (Å²) in [6, 6.07) is 9.65. The minimum atomic E-state index is -0.686. The zero-order valence-electron chi connectivity index (χ0n) is 11.2. The molecule has 0 aliphatic rings. The zero-order valence-corrected chi connectivity index (χ0v) is 12.0. The van der Waals surface area contributed by atoms with Gasteiger partial charge in [0.15, 0.2) is 5.78 Å². The fraction of sp³-hybridized carbons (Fsp3) is 0.125. The van der Waals surface area contributed by atoms with Crippen molar-refractivity contribution in [2.45, 2.75) is 13.3 Å². The van der Waals surface area contributed by atoms with Crippen LogP contribution in [0, 0.1) is 5.82 Å². The van der Waals surface area contributed by atoms with Gasteiger partial charge in [-0.1, -0.05) is 18.5 Å². The second-order valence-electron chi connectivity index (χ2n) is 4.31. The van der Waals surface area contributed by atoms with Crippen molar-refractivity contribution in [3.8, 4) is 5.75 Å². The van der Waals surface area contributed by atoms with Crippen LogP contribution in [0.3, 0.4) is 0 Å². The number of hydrogen-bond donors (Lipinski definition) is 0. The maximum atomic E-state index is 12.9. The minimum absolute atomic E-state index is 0.00876. The molecule has 0 fully saturated rings. The number of ketones is 1. The Bertz CT molecular complexity index is 680. The van der Waals surface area contributed by atoms with Crippen LogP contribution in [0.25, 0.3) is 0 Å². The Morgan fingerprint density at radius 2 is 1.81 bits per heavy atom. The van der Waals surface area contributed by atoms with E-state index in [1.807, 2.05) is 0 Å². The van der Waals surface area contributed by atoms with Gasteiger partial charge in [-0.05, 0) is 42.5 Å². The molecule has 0 spiro atoms. The Morgan fingerprint density at radius 3 is 2.38 bits per heavy atom. The summed E-state index contributed by atoms with van der Waals surface area (Å²) in [6.07, 6.45) is 0.407. The third kappa shape index (κ3) is 3.67. The average molecular weight is 307 g/mol. The second-order valence-corrected chi connectivity index (χ2v) is 4.72. The molecule has 3 nitrogen and oxygen atoms in total. The van der Waals surface area contributed by atoms with Gasteiger partial charge in [-0.15, -0.1) is 0 Å². The third-order valence-electron chi connectivity index (χ3n) is 2.86. The molecule has 0 aliphatic carbocycles. The molecule has 0 heterocycles. The van der Waals surface area contributed by atoms with E-state index < -0.39 is 11.8 Å². The number of carbonyl (C=O) groups is 2. The van der Waals surface area contributed by atoms with E-state index in [2.05, 4.69) is 0 Å². The van der Waals surface area contributed by atoms with Crippen LogP contribution in [-0.4, -0.2) is 11.8 Å². The van der Waals surface area contributed by atoms with Crippen LogP contribution in [0.15, 0.2) is 42.5 Å². The molecule has 21 heavy (non-hydrogen) atoms. The molecular weight excluding hydrogens is 295 g/mol. The smallest absolute Gasteiger partial charge is 0.345 e. The second kappa shape index (κ2) is 6.50. The van der Waals surface area contributed by atoms with Crippen LogP contribution >= 0.6 is 11.6 Å². The summed E-state index contributed by atoms with van der Waals surface area (Å²) < 4.78 is 18.1. The lowest BCUT2D eigenvalue weighted by molar-refractivity contribution is 0.0735. The summed E-state index contributed by atoms with van der Waals surface area (Å²) in [6.45, 7) is 1.77. The number of rotatable bonds is 4. The fourth-order valence-corrected chi connectivity index (χ4v) is 1.97. The van der Waals surface area contributed by atoms with E-state index in [4.69, 9.17) is 16.3 Å². The molecule has 0 unspecified atom stereocenters. The maximum Gasteiger partial charge on any atom is 0.345 e. The summed E-state index contributed by atoms with van der Waals surface area (Å²) >= 11 is 5.79. The molecule has 0 N–H and O–H groups in total. The molecule has 0 bridgehead atoms. The van der Waals surface area contributed by atoms with Gasteiger partial charge in [-0.25, -0.2) is 9.18 Å². The predicted octanol–water partition coefficient (Wildman–Crippen LogP) is 4.29. The molecule has 5 heteroatoms. The molecule has 0 aliphatic heterocycles. The Labute approximate surface area is 126 Å². The highest BCUT2D eigenvalue weighted by molar-refractivity contribution is 6.33. The molecular formula is C16H12ClFO3. The molecule has 2 aromatic carbocycles. The van der Waals surface area contributed by atoms with Crippen molar-refractivity contribution in [3.63, 3.8) is 0 Å². The lowest BCUT2D eigenvalue weighted by Gasteiger charge is -2.06. The van der Waals surface area contributed by atoms with Crippen LogP contribution in [-0.2, 0) is 0 Å². The number of halogens is 2. The van der Waals surface area contributed by atoms with E-state index in [0.717, 1.165) is 12.1 Å². The minimum Gasteiger partial charge on any atom is -0.423 e. The van der Waals surface area contributed by atoms with Crippen LogP contribution in [0.2, 0.25) is 5.02 Å². The van der Waals surface area contributed by atoms with Crippen LogP contribution in [0.1, 0.15) is 34.1 Å². The molecule has 0 radical (unpaired) electrons. The number of esters is 1. The summed E-state index contributed by atoms with van der Waals surface area (Å²) in [5.41, 5.74) is 0.629. The summed E-state index contributed by atoms with van der Waals surface area (Å²) in [7, 11) is 0. The van der Waals surface area contributed by atoms with Crippen molar-refractivity contribution in [2.75, 3.05) is 0 Å². The van der Waals surface area contributed by atoms with Gasteiger partial charge in [0.05, 0.1) is 10.6 Å². The van der Waals surface area contributed by atoms with Crippen LogP contribution in [0.5, 0.6) is 5.75 Å². The van der Waals surface area contributed by atoms with E-state index in [0.29, 0.717) is 12.0 Å². The van der Waals surface area contributed by atoms with Crippen molar-refractivity contribution >= 4 is 23.4 Å². The average Bonchev–Trinajstić information content (AvgIpc) is 2.47. The SMILES string of the molecule is CCC(=O)c1ccc(OC(=O)c2ccc(F)cc2Cl)cc1. The summed E-state index contributed by atoms with van der Waals surface area (Å²) in [4.78, 5) is 23.4. The number of benzene rings is 2. The number of carbonyl (C=O) groups excluding carboxylic acids is 2. The van der Waals surface area contributed by atoms with Gasteiger partial charge in [0.2, 0.25) is 0 Å². The van der Waals surface area contributed by atoms with E-state index in [9.17, 15) is 14.0 Å². The van der Waals surface area contributed by atoms with Gasteiger partial charge in [0, 0.05) is 12.0 Å². The van der Waals surface area contributed by atoms with E-state index in [1.54, 1.807) is 19.1 Å². The van der Waals surface area contributed by atoms with Crippen molar-refractivity contribution in [1.29, 1.82) is 0 Å². The van der Waals surface area contributed by atoms with Gasteiger partial charge >= 0.3 is 5.97 Å². The Kier molecular flexibility index (Phi) is 4.70. The highest BCUT2D eigenvalue weighted by atomic mass is 35.5. The van der Waals surface area contributed by atoms with Gasteiger partial charge in [-0.2, -0.15) is 0 Å². The standard InChI is InChI=1S/C16H12ClFO3/c1-2-15(19)10-3-6-12(7-4-10)21-16(20)13-8-5-11(18)9-14(13)17/h3-9H,2H2,1H3. The molecule has 108 valence electrons. The summed E-state index contributed by atoms with van der Waals surface area (Å²) in [5.74, 6) is -0.920. The Morgan fingerprint density at radius 1 is 1.14 bits per heavy atom. The Hall–Kier alpha value is -2.20. The van der Waals surface area contributed by atoms with Crippen LogP contribution in [0.4, 0.5) is 4.39 Å². The lowest BCUT2D eigenvalue weighted by atomic mass is 10.1. The summed E-state index contributed by atoms with van der Waals surface area (Å²) in [5, 5.41) is -0.0159. The third-order valence-corrected chi connectivity index (χ3v) is 3.17. The molecule has 0 amide bonds. The maximum absolute atomic E-state index is 12.9. The van der Waals surface area contributed by atoms with Gasteiger partial charge < -0.3 is 4.74 Å². The topological polar surface area (TPSA) is 43.4 Å². The van der Waals surface area contributed by atoms with E-state index in [-0.39, 0.29) is 22.1 Å². The Balaban J connectivity index is 2.14. The molecule has 2 aromatic rings. The molecule has 0 saturated heterocycles. The first-order valence-electron chi connectivity index (χ1n) is 6.31. The van der Waals surface area contributed by atoms with Gasteiger partial charge in [0.25, 0.3) is 0 Å². The van der Waals surface area contributed by atoms with Gasteiger partial charge in [0.1, 0.15) is 11.6 Å². The molecule has 0 saturated carbocycles. The highest BCUT2D eigenvalue weighted by Gasteiger charge is 2.14. The molecule has 0 atom stereocenters. The molecule has 0 aromatic heterocycles. The van der Waals surface area contributed by atoms with Crippen molar-refractivity contribution in [2.24, 2.45) is 0 Å². The first-order valence-corrected chi connectivity index (χ1v) is 6.69. The lowest BCUT2D eigenvalue weighted by Crippen LogP contribution is -2.09. The quantitative estimate of drug-likeness (QED) is 0.481. The first-order chi connectivity index (χ1) is 10.0. The fourth-order valence-electron chi connectivity index (χ4n) is 1.73. The normalized spacial score (nSPS) is 10.2.